The maximum absolute atomic E-state index is 12.7. The van der Waals surface area contributed by atoms with Crippen molar-refractivity contribution in [3.8, 4) is 0 Å². The molecule has 0 aromatic carbocycles. The first kappa shape index (κ1) is 18.0. The second kappa shape index (κ2) is 6.63. The Hall–Kier alpha value is -1.36. The van der Waals surface area contributed by atoms with Crippen molar-refractivity contribution < 1.29 is 9.59 Å². The molecule has 0 fully saturated rings. The number of nitrogens with two attached hydrogens (primary N) is 1. The monoisotopic (exact) mass is 336 g/mol. The van der Waals surface area contributed by atoms with E-state index in [0.29, 0.717) is 11.3 Å². The number of fused-ring (bicyclic) bond motifs is 1. The Labute approximate surface area is 143 Å². The quantitative estimate of drug-likeness (QED) is 0.917. The number of thiophene rings is 1. The Morgan fingerprint density at radius 3 is 2.57 bits per heavy atom. The van der Waals surface area contributed by atoms with Gasteiger partial charge in [0, 0.05) is 10.9 Å². The highest BCUT2D eigenvalue weighted by atomic mass is 32.1. The summed E-state index contributed by atoms with van der Waals surface area (Å²) < 4.78 is 0. The number of hydrogen-bond acceptors (Lipinski definition) is 3. The van der Waals surface area contributed by atoms with Crippen molar-refractivity contribution in [2.24, 2.45) is 17.1 Å². The minimum absolute atomic E-state index is 0.0241. The largest absolute Gasteiger partial charge is 0.368 e. The molecule has 0 radical (unpaired) electrons. The van der Waals surface area contributed by atoms with Gasteiger partial charge in [0.2, 0.25) is 5.91 Å². The molecular formula is C18H28N2O2S. The van der Waals surface area contributed by atoms with Crippen LogP contribution in [0.15, 0.2) is 6.07 Å². The van der Waals surface area contributed by atoms with Crippen LogP contribution in [0.4, 0.5) is 0 Å². The highest BCUT2D eigenvalue weighted by Gasteiger charge is 2.31. The number of carbonyl (C=O) groups is 2. The van der Waals surface area contributed by atoms with Gasteiger partial charge in [-0.25, -0.2) is 0 Å². The van der Waals surface area contributed by atoms with Crippen molar-refractivity contribution in [3.63, 3.8) is 0 Å². The molecule has 1 heterocycles. The van der Waals surface area contributed by atoms with Gasteiger partial charge in [0.1, 0.15) is 0 Å². The van der Waals surface area contributed by atoms with Crippen LogP contribution in [0.25, 0.3) is 0 Å². The average molecular weight is 337 g/mol. The van der Waals surface area contributed by atoms with E-state index in [4.69, 9.17) is 5.73 Å². The topological polar surface area (TPSA) is 63.4 Å². The lowest BCUT2D eigenvalue weighted by atomic mass is 9.72. The number of rotatable bonds is 4. The summed E-state index contributed by atoms with van der Waals surface area (Å²) in [4.78, 5) is 27.6. The third-order valence-electron chi connectivity index (χ3n) is 4.73. The molecule has 2 amide bonds. The van der Waals surface area contributed by atoms with Gasteiger partial charge >= 0.3 is 0 Å². The summed E-state index contributed by atoms with van der Waals surface area (Å²) in [6, 6.07) is 1.99. The van der Waals surface area contributed by atoms with E-state index in [1.54, 1.807) is 16.2 Å². The van der Waals surface area contributed by atoms with Crippen LogP contribution in [0.2, 0.25) is 0 Å². The summed E-state index contributed by atoms with van der Waals surface area (Å²) in [5.41, 5.74) is 6.88. The van der Waals surface area contributed by atoms with Gasteiger partial charge in [-0.15, -0.1) is 11.3 Å². The molecule has 0 aliphatic heterocycles. The molecule has 128 valence electrons. The van der Waals surface area contributed by atoms with Gasteiger partial charge in [0.25, 0.3) is 5.91 Å². The van der Waals surface area contributed by atoms with E-state index in [0.717, 1.165) is 17.7 Å². The van der Waals surface area contributed by atoms with Crippen molar-refractivity contribution in [2.75, 3.05) is 6.54 Å². The van der Waals surface area contributed by atoms with E-state index in [1.165, 1.54) is 16.9 Å². The van der Waals surface area contributed by atoms with E-state index < -0.39 is 5.91 Å². The first-order chi connectivity index (χ1) is 10.6. The van der Waals surface area contributed by atoms with Crippen LogP contribution < -0.4 is 5.73 Å². The van der Waals surface area contributed by atoms with Crippen molar-refractivity contribution in [2.45, 2.75) is 59.9 Å². The second-order valence-corrected chi connectivity index (χ2v) is 8.99. The van der Waals surface area contributed by atoms with Gasteiger partial charge in [-0.2, -0.15) is 0 Å². The molecule has 1 aliphatic rings. The van der Waals surface area contributed by atoms with Crippen LogP contribution in [-0.4, -0.2) is 29.3 Å². The SMILES string of the molecule is CC(C)N(CC(N)=O)C(=O)c1cc2c(s1)CCC(C(C)(C)C)C2. The summed E-state index contributed by atoms with van der Waals surface area (Å²) >= 11 is 1.59. The van der Waals surface area contributed by atoms with E-state index in [9.17, 15) is 9.59 Å². The van der Waals surface area contributed by atoms with Crippen LogP contribution in [0.3, 0.4) is 0 Å². The van der Waals surface area contributed by atoms with Crippen LogP contribution in [0, 0.1) is 11.3 Å². The first-order valence-corrected chi connectivity index (χ1v) is 9.12. The highest BCUT2D eigenvalue weighted by Crippen LogP contribution is 2.40. The van der Waals surface area contributed by atoms with Crippen LogP contribution in [0.5, 0.6) is 0 Å². The molecule has 1 unspecified atom stereocenters. The van der Waals surface area contributed by atoms with Crippen molar-refractivity contribution in [1.82, 2.24) is 4.90 Å². The lowest BCUT2D eigenvalue weighted by Crippen LogP contribution is -2.42. The molecule has 4 nitrogen and oxygen atoms in total. The fourth-order valence-corrected chi connectivity index (χ4v) is 4.33. The predicted octanol–water partition coefficient (Wildman–Crippen LogP) is 3.24. The molecule has 0 saturated carbocycles. The number of primary amides is 1. The summed E-state index contributed by atoms with van der Waals surface area (Å²) in [6.07, 6.45) is 3.27. The van der Waals surface area contributed by atoms with Gasteiger partial charge in [-0.1, -0.05) is 20.8 Å². The number of carbonyl (C=O) groups excluding carboxylic acids is 2. The summed E-state index contributed by atoms with van der Waals surface area (Å²) in [7, 11) is 0. The molecule has 1 aromatic heterocycles. The van der Waals surface area contributed by atoms with Gasteiger partial charge < -0.3 is 10.6 Å². The Morgan fingerprint density at radius 1 is 1.39 bits per heavy atom. The molecule has 0 spiro atoms. The van der Waals surface area contributed by atoms with Crippen molar-refractivity contribution in [3.05, 3.63) is 21.4 Å². The van der Waals surface area contributed by atoms with E-state index in [2.05, 4.69) is 20.8 Å². The Bertz CT molecular complexity index is 599. The number of nitrogens with zero attached hydrogens (tertiary/aromatic N) is 1. The Balaban J connectivity index is 2.21. The third-order valence-corrected chi connectivity index (χ3v) is 5.95. The Kier molecular flexibility index (Phi) is 5.19. The van der Waals surface area contributed by atoms with Crippen molar-refractivity contribution in [1.29, 1.82) is 0 Å². The number of amides is 2. The van der Waals surface area contributed by atoms with Crippen LogP contribution in [0.1, 0.15) is 61.2 Å². The smallest absolute Gasteiger partial charge is 0.264 e. The average Bonchev–Trinajstić information content (AvgIpc) is 2.85. The van der Waals surface area contributed by atoms with E-state index >= 15 is 0 Å². The molecule has 2 rings (SSSR count). The Morgan fingerprint density at radius 2 is 2.04 bits per heavy atom. The maximum atomic E-state index is 12.7. The minimum Gasteiger partial charge on any atom is -0.368 e. The molecule has 23 heavy (non-hydrogen) atoms. The fraction of sp³-hybridized carbons (Fsp3) is 0.667. The summed E-state index contributed by atoms with van der Waals surface area (Å²) in [5.74, 6) is 0.103. The second-order valence-electron chi connectivity index (χ2n) is 7.86. The minimum atomic E-state index is -0.471. The molecule has 0 bridgehead atoms. The van der Waals surface area contributed by atoms with Crippen molar-refractivity contribution >= 4 is 23.2 Å². The fourth-order valence-electron chi connectivity index (χ4n) is 3.17. The zero-order chi connectivity index (χ0) is 17.4. The molecule has 1 atom stereocenters. The standard InChI is InChI=1S/C18H28N2O2S/c1-11(2)20(10-16(19)21)17(22)15-9-12-8-13(18(3,4)5)6-7-14(12)23-15/h9,11,13H,6-8,10H2,1-5H3,(H2,19,21). The number of aryl methyl sites for hydroxylation is 1. The molecule has 2 N–H and O–H groups in total. The predicted molar refractivity (Wildman–Crippen MR) is 94.7 cm³/mol. The van der Waals surface area contributed by atoms with Gasteiger partial charge in [-0.3, -0.25) is 9.59 Å². The highest BCUT2D eigenvalue weighted by molar-refractivity contribution is 7.14. The van der Waals surface area contributed by atoms with Crippen LogP contribution in [-0.2, 0) is 17.6 Å². The first-order valence-electron chi connectivity index (χ1n) is 8.30. The van der Waals surface area contributed by atoms with E-state index in [-0.39, 0.29) is 18.5 Å². The zero-order valence-corrected chi connectivity index (χ0v) is 15.6. The lowest BCUT2D eigenvalue weighted by molar-refractivity contribution is -0.119. The molecule has 1 aliphatic carbocycles. The van der Waals surface area contributed by atoms with Gasteiger partial charge in [0.15, 0.2) is 0 Å². The number of hydrogen-bond donors (Lipinski definition) is 1. The third kappa shape index (κ3) is 4.14. The molecule has 5 heteroatoms. The zero-order valence-electron chi connectivity index (χ0n) is 14.8. The normalized spacial score (nSPS) is 17.9. The summed E-state index contributed by atoms with van der Waals surface area (Å²) in [5, 5.41) is 0. The molecular weight excluding hydrogens is 308 g/mol. The summed E-state index contributed by atoms with van der Waals surface area (Å²) in [6.45, 7) is 10.6. The maximum Gasteiger partial charge on any atom is 0.264 e. The van der Waals surface area contributed by atoms with Crippen LogP contribution >= 0.6 is 11.3 Å². The van der Waals surface area contributed by atoms with E-state index in [1.807, 2.05) is 19.9 Å². The van der Waals surface area contributed by atoms with Gasteiger partial charge in [-0.05, 0) is 56.1 Å². The lowest BCUT2D eigenvalue weighted by Gasteiger charge is -2.33. The molecule has 0 saturated heterocycles. The molecule has 1 aromatic rings. The van der Waals surface area contributed by atoms with Gasteiger partial charge in [0.05, 0.1) is 11.4 Å².